The van der Waals surface area contributed by atoms with Gasteiger partial charge in [0, 0.05) is 19.5 Å². The van der Waals surface area contributed by atoms with Gasteiger partial charge >= 0.3 is 0 Å². The van der Waals surface area contributed by atoms with Crippen LogP contribution in [0.5, 0.6) is 0 Å². The number of nitrogens with zero attached hydrogens (tertiary/aromatic N) is 1. The van der Waals surface area contributed by atoms with E-state index in [0.29, 0.717) is 11.8 Å². The summed E-state index contributed by atoms with van der Waals surface area (Å²) in [6.45, 7) is 1.58. The number of hydrogen-bond donors (Lipinski definition) is 1. The SMILES string of the molecule is CON(C)C(=O)C12CC3CC(CC(NC(C)=O)(C3)C1)C2. The molecule has 20 heavy (non-hydrogen) atoms. The fourth-order valence-corrected chi connectivity index (χ4v) is 5.45. The van der Waals surface area contributed by atoms with Gasteiger partial charge in [-0.05, 0) is 50.4 Å². The van der Waals surface area contributed by atoms with Gasteiger partial charge in [-0.1, -0.05) is 0 Å². The molecule has 5 heteroatoms. The lowest BCUT2D eigenvalue weighted by atomic mass is 9.46. The van der Waals surface area contributed by atoms with E-state index in [4.69, 9.17) is 4.84 Å². The van der Waals surface area contributed by atoms with E-state index in [1.165, 1.54) is 18.6 Å². The third kappa shape index (κ3) is 2.03. The van der Waals surface area contributed by atoms with E-state index < -0.39 is 0 Å². The summed E-state index contributed by atoms with van der Waals surface area (Å²) in [6.07, 6.45) is 5.98. The van der Waals surface area contributed by atoms with E-state index in [2.05, 4.69) is 5.32 Å². The van der Waals surface area contributed by atoms with Crippen LogP contribution in [0.1, 0.15) is 45.4 Å². The van der Waals surface area contributed by atoms with E-state index in [1.807, 2.05) is 0 Å². The fourth-order valence-electron chi connectivity index (χ4n) is 5.45. The minimum absolute atomic E-state index is 0.0228. The molecule has 0 radical (unpaired) electrons. The highest BCUT2D eigenvalue weighted by atomic mass is 16.7. The van der Waals surface area contributed by atoms with Crippen molar-refractivity contribution in [2.75, 3.05) is 14.2 Å². The van der Waals surface area contributed by atoms with Gasteiger partial charge < -0.3 is 5.32 Å². The summed E-state index contributed by atoms with van der Waals surface area (Å²) in [4.78, 5) is 29.4. The van der Waals surface area contributed by atoms with E-state index in [1.54, 1.807) is 14.0 Å². The summed E-state index contributed by atoms with van der Waals surface area (Å²) in [5, 5.41) is 4.54. The number of hydroxylamine groups is 2. The van der Waals surface area contributed by atoms with Gasteiger partial charge in [0.1, 0.15) is 0 Å². The first-order valence-corrected chi connectivity index (χ1v) is 7.49. The molecule has 0 heterocycles. The Kier molecular flexibility index (Phi) is 3.08. The number of carbonyl (C=O) groups excluding carboxylic acids is 2. The van der Waals surface area contributed by atoms with Crippen LogP contribution in [0.15, 0.2) is 0 Å². The van der Waals surface area contributed by atoms with E-state index in [0.717, 1.165) is 32.1 Å². The largest absolute Gasteiger partial charge is 0.351 e. The maximum absolute atomic E-state index is 12.7. The Bertz CT molecular complexity index is 434. The van der Waals surface area contributed by atoms with Gasteiger partial charge in [0.25, 0.3) is 5.91 Å². The number of carbonyl (C=O) groups is 2. The number of rotatable bonds is 3. The Hall–Kier alpha value is -1.10. The zero-order valence-electron chi connectivity index (χ0n) is 12.6. The molecule has 1 N–H and O–H groups in total. The maximum Gasteiger partial charge on any atom is 0.252 e. The first-order chi connectivity index (χ1) is 9.38. The van der Waals surface area contributed by atoms with Crippen molar-refractivity contribution in [2.24, 2.45) is 17.3 Å². The second-order valence-electron chi connectivity index (χ2n) is 7.19. The molecule has 112 valence electrons. The van der Waals surface area contributed by atoms with E-state index >= 15 is 0 Å². The Morgan fingerprint density at radius 2 is 1.80 bits per heavy atom. The van der Waals surface area contributed by atoms with Crippen LogP contribution in [0, 0.1) is 17.3 Å². The van der Waals surface area contributed by atoms with Crippen LogP contribution in [0.25, 0.3) is 0 Å². The average Bonchev–Trinajstić information content (AvgIpc) is 2.33. The van der Waals surface area contributed by atoms with Gasteiger partial charge in [-0.2, -0.15) is 0 Å². The minimum atomic E-state index is -0.322. The Morgan fingerprint density at radius 1 is 1.20 bits per heavy atom. The molecule has 0 aromatic rings. The zero-order chi connectivity index (χ0) is 14.5. The molecule has 0 aromatic heterocycles. The summed E-state index contributed by atoms with van der Waals surface area (Å²) in [7, 11) is 3.22. The van der Waals surface area contributed by atoms with E-state index in [-0.39, 0.29) is 22.8 Å². The Balaban J connectivity index is 1.90. The smallest absolute Gasteiger partial charge is 0.252 e. The van der Waals surface area contributed by atoms with Crippen LogP contribution >= 0.6 is 0 Å². The predicted octanol–water partition coefficient (Wildman–Crippen LogP) is 1.48. The molecular weight excluding hydrogens is 256 g/mol. The highest BCUT2D eigenvalue weighted by Crippen LogP contribution is 2.62. The zero-order valence-corrected chi connectivity index (χ0v) is 12.6. The Labute approximate surface area is 120 Å². The van der Waals surface area contributed by atoms with Crippen molar-refractivity contribution in [2.45, 2.75) is 51.0 Å². The summed E-state index contributed by atoms with van der Waals surface area (Å²) in [5.41, 5.74) is -0.475. The lowest BCUT2D eigenvalue weighted by molar-refractivity contribution is -0.196. The van der Waals surface area contributed by atoms with Crippen molar-refractivity contribution >= 4 is 11.8 Å². The molecule has 0 aromatic carbocycles. The molecule has 4 fully saturated rings. The van der Waals surface area contributed by atoms with Crippen molar-refractivity contribution < 1.29 is 14.4 Å². The summed E-state index contributed by atoms with van der Waals surface area (Å²) in [5.74, 6) is 1.24. The topological polar surface area (TPSA) is 58.6 Å². The second kappa shape index (κ2) is 4.45. The van der Waals surface area contributed by atoms with Gasteiger partial charge in [0.05, 0.1) is 12.5 Å². The number of nitrogens with one attached hydrogen (secondary N) is 1. The summed E-state index contributed by atoms with van der Waals surface area (Å²) >= 11 is 0. The molecule has 4 aliphatic rings. The average molecular weight is 280 g/mol. The molecule has 4 saturated carbocycles. The molecule has 4 rings (SSSR count). The van der Waals surface area contributed by atoms with Crippen LogP contribution in [0.3, 0.4) is 0 Å². The molecule has 2 atom stereocenters. The summed E-state index contributed by atoms with van der Waals surface area (Å²) < 4.78 is 0. The molecular formula is C15H24N2O3. The normalized spacial score (nSPS) is 41.5. The van der Waals surface area contributed by atoms with Crippen molar-refractivity contribution in [1.29, 1.82) is 0 Å². The molecule has 2 unspecified atom stereocenters. The first kappa shape index (κ1) is 13.9. The highest BCUT2D eigenvalue weighted by molar-refractivity contribution is 5.83. The highest BCUT2D eigenvalue weighted by Gasteiger charge is 2.61. The van der Waals surface area contributed by atoms with Crippen LogP contribution in [-0.4, -0.2) is 36.6 Å². The van der Waals surface area contributed by atoms with Crippen molar-refractivity contribution in [3.05, 3.63) is 0 Å². The van der Waals surface area contributed by atoms with E-state index in [9.17, 15) is 9.59 Å². The van der Waals surface area contributed by atoms with Gasteiger partial charge in [0.2, 0.25) is 5.91 Å². The van der Waals surface area contributed by atoms with Crippen molar-refractivity contribution in [3.8, 4) is 0 Å². The maximum atomic E-state index is 12.7. The fraction of sp³-hybridized carbons (Fsp3) is 0.867. The van der Waals surface area contributed by atoms with Gasteiger partial charge in [0.15, 0.2) is 0 Å². The molecule has 5 nitrogen and oxygen atoms in total. The Morgan fingerprint density at radius 3 is 2.30 bits per heavy atom. The number of amides is 2. The van der Waals surface area contributed by atoms with Crippen LogP contribution in [0.4, 0.5) is 0 Å². The first-order valence-electron chi connectivity index (χ1n) is 7.49. The lowest BCUT2D eigenvalue weighted by Gasteiger charge is -2.61. The quantitative estimate of drug-likeness (QED) is 0.797. The second-order valence-corrected chi connectivity index (χ2v) is 7.19. The van der Waals surface area contributed by atoms with Crippen LogP contribution in [0.2, 0.25) is 0 Å². The summed E-state index contributed by atoms with van der Waals surface area (Å²) in [6, 6.07) is 0. The standard InChI is InChI=1S/C15H24N2O3/c1-10(18)16-15-7-11-4-12(8-15)6-14(5-11,9-15)13(19)17(2)20-3/h11-12H,4-9H2,1-3H3,(H,16,18). The molecule has 0 saturated heterocycles. The molecule has 0 aliphatic heterocycles. The third-order valence-corrected chi connectivity index (χ3v) is 5.52. The van der Waals surface area contributed by atoms with Crippen LogP contribution in [-0.2, 0) is 14.4 Å². The van der Waals surface area contributed by atoms with Gasteiger partial charge in [-0.25, -0.2) is 5.06 Å². The minimum Gasteiger partial charge on any atom is -0.351 e. The molecule has 0 spiro atoms. The monoisotopic (exact) mass is 280 g/mol. The lowest BCUT2D eigenvalue weighted by Crippen LogP contribution is -2.65. The number of hydrogen-bond acceptors (Lipinski definition) is 3. The molecule has 2 amide bonds. The van der Waals surface area contributed by atoms with Gasteiger partial charge in [-0.15, -0.1) is 0 Å². The van der Waals surface area contributed by atoms with Crippen molar-refractivity contribution in [3.63, 3.8) is 0 Å². The van der Waals surface area contributed by atoms with Gasteiger partial charge in [-0.3, -0.25) is 14.4 Å². The predicted molar refractivity (Wildman–Crippen MR) is 73.4 cm³/mol. The van der Waals surface area contributed by atoms with Crippen molar-refractivity contribution in [1.82, 2.24) is 10.4 Å². The molecule has 4 aliphatic carbocycles. The third-order valence-electron chi connectivity index (χ3n) is 5.52. The molecule has 4 bridgehead atoms. The van der Waals surface area contributed by atoms with Crippen LogP contribution < -0.4 is 5.32 Å².